The highest BCUT2D eigenvalue weighted by atomic mass is 35.5. The standard InChI is InChI=1S/C20H19ClN6OS.C2HF3O2/c1-2-12-17(21)16-18(24-12)25-20(26-19(16)27-8-10-6-22-14(10)9-27)29-11-5-15-13(23-7-11)3-4-28-15;3-2(4,5)1(6)7/h3-5,7,10,14,22H,2,6,8-9H2,1H3,(H,24,25,26);(H,6,7). The van der Waals surface area contributed by atoms with Crippen molar-refractivity contribution in [2.24, 2.45) is 5.92 Å². The summed E-state index contributed by atoms with van der Waals surface area (Å²) >= 11 is 8.20. The highest BCUT2D eigenvalue weighted by Gasteiger charge is 2.40. The number of nitrogens with zero attached hydrogens (tertiary/aromatic N) is 4. The topological polar surface area (TPSA) is 120 Å². The molecule has 4 aromatic rings. The third kappa shape index (κ3) is 4.70. The van der Waals surface area contributed by atoms with E-state index in [-0.39, 0.29) is 0 Å². The minimum atomic E-state index is -5.08. The van der Waals surface area contributed by atoms with Crippen molar-refractivity contribution in [2.75, 3.05) is 24.5 Å². The maximum absolute atomic E-state index is 10.6. The van der Waals surface area contributed by atoms with Gasteiger partial charge in [-0.3, -0.25) is 4.98 Å². The van der Waals surface area contributed by atoms with E-state index in [1.165, 1.54) is 11.8 Å². The Balaban J connectivity index is 0.000000338. The van der Waals surface area contributed by atoms with Gasteiger partial charge in [-0.25, -0.2) is 14.8 Å². The number of carboxylic acids is 1. The van der Waals surface area contributed by atoms with Crippen LogP contribution in [0.3, 0.4) is 0 Å². The van der Waals surface area contributed by atoms with E-state index < -0.39 is 12.1 Å². The van der Waals surface area contributed by atoms with Crippen molar-refractivity contribution in [3.63, 3.8) is 0 Å². The van der Waals surface area contributed by atoms with Crippen LogP contribution in [0, 0.1) is 5.92 Å². The van der Waals surface area contributed by atoms with E-state index in [1.807, 2.05) is 18.3 Å². The number of hydrogen-bond acceptors (Lipinski definition) is 8. The minimum Gasteiger partial charge on any atom is -0.475 e. The molecule has 190 valence electrons. The summed E-state index contributed by atoms with van der Waals surface area (Å²) in [4.78, 5) is 29.7. The van der Waals surface area contributed by atoms with Crippen LogP contribution in [0.2, 0.25) is 5.02 Å². The Morgan fingerprint density at radius 1 is 1.36 bits per heavy atom. The molecule has 0 amide bonds. The molecule has 4 aromatic heterocycles. The number of rotatable bonds is 4. The lowest BCUT2D eigenvalue weighted by Gasteiger charge is -2.29. The Kier molecular flexibility index (Phi) is 6.47. The molecule has 36 heavy (non-hydrogen) atoms. The van der Waals surface area contributed by atoms with Gasteiger partial charge < -0.3 is 24.7 Å². The molecule has 0 aromatic carbocycles. The Hall–Kier alpha value is -3.03. The number of carboxylic acid groups (broad SMARTS) is 1. The Morgan fingerprint density at radius 3 is 2.75 bits per heavy atom. The normalized spacial score (nSPS) is 19.2. The summed E-state index contributed by atoms with van der Waals surface area (Å²) in [5, 5.41) is 13.0. The van der Waals surface area contributed by atoms with Gasteiger partial charge in [0.05, 0.1) is 16.7 Å². The monoisotopic (exact) mass is 540 g/mol. The fourth-order valence-electron chi connectivity index (χ4n) is 4.20. The number of hydrogen-bond donors (Lipinski definition) is 3. The largest absolute Gasteiger partial charge is 0.490 e. The quantitative estimate of drug-likeness (QED) is 0.321. The Labute approximate surface area is 211 Å². The average Bonchev–Trinajstić information content (AvgIpc) is 3.49. The molecule has 0 bridgehead atoms. The van der Waals surface area contributed by atoms with E-state index in [0.717, 1.165) is 69.6 Å². The molecule has 2 atom stereocenters. The van der Waals surface area contributed by atoms with Gasteiger partial charge in [0, 0.05) is 54.4 Å². The van der Waals surface area contributed by atoms with Crippen LogP contribution in [0.5, 0.6) is 0 Å². The maximum Gasteiger partial charge on any atom is 0.490 e. The molecule has 2 unspecified atom stereocenters. The average molecular weight is 541 g/mol. The van der Waals surface area contributed by atoms with E-state index in [1.54, 1.807) is 6.26 Å². The number of nitrogens with one attached hydrogen (secondary N) is 2. The zero-order valence-corrected chi connectivity index (χ0v) is 20.3. The zero-order chi connectivity index (χ0) is 25.6. The molecule has 0 saturated carbocycles. The van der Waals surface area contributed by atoms with Crippen LogP contribution in [0.1, 0.15) is 12.6 Å². The number of aryl methyl sites for hydroxylation is 1. The summed E-state index contributed by atoms with van der Waals surface area (Å²) in [6.45, 7) is 5.11. The number of aliphatic carboxylic acids is 1. The van der Waals surface area contributed by atoms with Crippen LogP contribution in [-0.2, 0) is 11.2 Å². The van der Waals surface area contributed by atoms with E-state index in [4.69, 9.17) is 35.9 Å². The van der Waals surface area contributed by atoms with Gasteiger partial charge in [0.1, 0.15) is 17.0 Å². The number of fused-ring (bicyclic) bond motifs is 3. The second-order valence-electron chi connectivity index (χ2n) is 8.38. The highest BCUT2D eigenvalue weighted by Crippen LogP contribution is 2.39. The summed E-state index contributed by atoms with van der Waals surface area (Å²) < 4.78 is 37.2. The zero-order valence-electron chi connectivity index (χ0n) is 18.8. The molecule has 6 heterocycles. The highest BCUT2D eigenvalue weighted by molar-refractivity contribution is 7.99. The van der Waals surface area contributed by atoms with Crippen LogP contribution in [-0.4, -0.2) is 62.9 Å². The van der Waals surface area contributed by atoms with Crippen LogP contribution >= 0.6 is 23.4 Å². The number of H-pyrrole nitrogens is 1. The smallest absolute Gasteiger partial charge is 0.475 e. The first-order valence-corrected chi connectivity index (χ1v) is 12.2. The van der Waals surface area contributed by atoms with E-state index >= 15 is 0 Å². The summed E-state index contributed by atoms with van der Waals surface area (Å²) in [6.07, 6.45) is -0.784. The second-order valence-corrected chi connectivity index (χ2v) is 9.80. The summed E-state index contributed by atoms with van der Waals surface area (Å²) in [5.74, 6) is -1.15. The molecule has 14 heteroatoms. The van der Waals surface area contributed by atoms with E-state index in [2.05, 4.69) is 27.1 Å². The van der Waals surface area contributed by atoms with Crippen molar-refractivity contribution in [1.29, 1.82) is 0 Å². The van der Waals surface area contributed by atoms with Crippen molar-refractivity contribution < 1.29 is 27.5 Å². The molecule has 3 N–H and O–H groups in total. The molecular weight excluding hydrogens is 521 g/mol. The molecule has 0 aliphatic carbocycles. The lowest BCUT2D eigenvalue weighted by atomic mass is 9.96. The lowest BCUT2D eigenvalue weighted by molar-refractivity contribution is -0.192. The molecule has 6 rings (SSSR count). The number of aromatic nitrogens is 4. The molecule has 9 nitrogen and oxygen atoms in total. The van der Waals surface area contributed by atoms with Crippen molar-refractivity contribution in [3.05, 3.63) is 35.3 Å². The van der Waals surface area contributed by atoms with E-state index in [9.17, 15) is 13.2 Å². The first kappa shape index (κ1) is 24.7. The Bertz CT molecular complexity index is 1430. The van der Waals surface area contributed by atoms with Gasteiger partial charge in [0.2, 0.25) is 0 Å². The fraction of sp³-hybridized carbons (Fsp3) is 0.364. The fourth-order valence-corrected chi connectivity index (χ4v) is 5.31. The maximum atomic E-state index is 10.6. The van der Waals surface area contributed by atoms with Crippen LogP contribution in [0.25, 0.3) is 22.1 Å². The summed E-state index contributed by atoms with van der Waals surface area (Å²) in [6, 6.07) is 4.37. The first-order chi connectivity index (χ1) is 17.1. The van der Waals surface area contributed by atoms with Crippen molar-refractivity contribution in [2.45, 2.75) is 35.6 Å². The van der Waals surface area contributed by atoms with Gasteiger partial charge in [-0.1, -0.05) is 18.5 Å². The van der Waals surface area contributed by atoms with Crippen LogP contribution in [0.4, 0.5) is 19.0 Å². The molecule has 2 fully saturated rings. The number of alkyl halides is 3. The predicted octanol–water partition coefficient (Wildman–Crippen LogP) is 4.51. The number of carbonyl (C=O) groups is 1. The summed E-state index contributed by atoms with van der Waals surface area (Å²) in [5.41, 5.74) is 3.39. The van der Waals surface area contributed by atoms with Crippen molar-refractivity contribution in [3.8, 4) is 0 Å². The number of furan rings is 1. The number of anilines is 1. The predicted molar refractivity (Wildman–Crippen MR) is 128 cm³/mol. The molecule has 2 saturated heterocycles. The van der Waals surface area contributed by atoms with Gasteiger partial charge >= 0.3 is 12.1 Å². The first-order valence-electron chi connectivity index (χ1n) is 11.0. The van der Waals surface area contributed by atoms with Crippen molar-refractivity contribution in [1.82, 2.24) is 25.3 Å². The Morgan fingerprint density at radius 2 is 2.14 bits per heavy atom. The number of halogens is 4. The molecule has 0 radical (unpaired) electrons. The van der Waals surface area contributed by atoms with Crippen molar-refractivity contribution >= 4 is 57.3 Å². The van der Waals surface area contributed by atoms with Gasteiger partial charge in [-0.05, 0) is 24.2 Å². The third-order valence-corrected chi connectivity index (χ3v) is 7.33. The number of aromatic amines is 1. The lowest BCUT2D eigenvalue weighted by Crippen LogP contribution is -2.51. The van der Waals surface area contributed by atoms with Crippen LogP contribution < -0.4 is 10.2 Å². The minimum absolute atomic E-state index is 0.546. The molecular formula is C22H20ClF3N6O3S. The third-order valence-electron chi connectivity index (χ3n) is 6.09. The molecule has 2 aliphatic heterocycles. The van der Waals surface area contributed by atoms with Gasteiger partial charge in [-0.15, -0.1) is 0 Å². The second kappa shape index (κ2) is 9.45. The van der Waals surface area contributed by atoms with E-state index in [0.29, 0.717) is 17.1 Å². The number of pyridine rings is 1. The molecule has 0 spiro atoms. The SMILES string of the molecule is CCc1[nH]c2nc(Sc3cnc4ccoc4c3)nc(N3CC4CNC4C3)c2c1Cl.O=C(O)C(F)(F)F. The van der Waals surface area contributed by atoms with Gasteiger partial charge in [0.25, 0.3) is 0 Å². The van der Waals surface area contributed by atoms with Gasteiger partial charge in [0.15, 0.2) is 10.7 Å². The summed E-state index contributed by atoms with van der Waals surface area (Å²) in [7, 11) is 0. The molecule has 2 aliphatic rings. The van der Waals surface area contributed by atoms with Crippen LogP contribution in [0.15, 0.2) is 39.1 Å². The van der Waals surface area contributed by atoms with Gasteiger partial charge in [-0.2, -0.15) is 13.2 Å².